The first-order chi connectivity index (χ1) is 8.86. The van der Waals surface area contributed by atoms with Crippen LogP contribution < -0.4 is 10.6 Å². The van der Waals surface area contributed by atoms with E-state index in [2.05, 4.69) is 10.6 Å². The Hall–Kier alpha value is -0.650. The molecule has 2 rings (SSSR count). The quantitative estimate of drug-likeness (QED) is 0.701. The number of nitrogens with one attached hydrogen (secondary N) is 2. The lowest BCUT2D eigenvalue weighted by Gasteiger charge is -2.24. The van der Waals surface area contributed by atoms with Crippen LogP contribution in [0.5, 0.6) is 0 Å². The number of piperidine rings is 1. The zero-order valence-electron chi connectivity index (χ0n) is 11.0. The van der Waals surface area contributed by atoms with Gasteiger partial charge in [-0.1, -0.05) is 0 Å². The van der Waals surface area contributed by atoms with Gasteiger partial charge in [-0.05, 0) is 45.2 Å². The average molecular weight is 256 g/mol. The molecule has 2 aliphatic heterocycles. The van der Waals surface area contributed by atoms with Crippen molar-refractivity contribution in [1.82, 2.24) is 10.6 Å². The molecule has 2 heterocycles. The van der Waals surface area contributed by atoms with Crippen LogP contribution in [0.3, 0.4) is 0 Å². The molecular formula is C13H24N2O3. The van der Waals surface area contributed by atoms with E-state index in [1.807, 2.05) is 0 Å². The van der Waals surface area contributed by atoms with Crippen LogP contribution in [0, 0.1) is 0 Å². The van der Waals surface area contributed by atoms with Crippen LogP contribution in [0.4, 0.5) is 0 Å². The molecule has 1 unspecified atom stereocenters. The summed E-state index contributed by atoms with van der Waals surface area (Å²) in [6.45, 7) is 3.97. The zero-order chi connectivity index (χ0) is 12.6. The van der Waals surface area contributed by atoms with Gasteiger partial charge in [0.15, 0.2) is 0 Å². The van der Waals surface area contributed by atoms with Crippen molar-refractivity contribution in [3.8, 4) is 0 Å². The van der Waals surface area contributed by atoms with Crippen molar-refractivity contribution in [2.45, 2.75) is 44.3 Å². The number of hydrogen-bond acceptors (Lipinski definition) is 4. The van der Waals surface area contributed by atoms with Crippen molar-refractivity contribution < 1.29 is 14.3 Å². The van der Waals surface area contributed by atoms with Crippen molar-refractivity contribution in [2.75, 3.05) is 32.8 Å². The molecule has 2 aliphatic rings. The lowest BCUT2D eigenvalue weighted by Crippen LogP contribution is -2.40. The van der Waals surface area contributed by atoms with Gasteiger partial charge >= 0.3 is 0 Å². The van der Waals surface area contributed by atoms with Crippen LogP contribution in [0.15, 0.2) is 0 Å². The summed E-state index contributed by atoms with van der Waals surface area (Å²) in [5.41, 5.74) is 0. The normalized spacial score (nSPS) is 25.9. The lowest BCUT2D eigenvalue weighted by molar-refractivity contribution is -0.135. The Labute approximate surface area is 109 Å². The fourth-order valence-electron chi connectivity index (χ4n) is 2.42. The molecule has 0 aromatic heterocycles. The van der Waals surface area contributed by atoms with Crippen LogP contribution in [-0.4, -0.2) is 51.0 Å². The van der Waals surface area contributed by atoms with Gasteiger partial charge in [-0.15, -0.1) is 0 Å². The van der Waals surface area contributed by atoms with Crippen molar-refractivity contribution >= 4 is 5.91 Å². The maximum Gasteiger partial charge on any atom is 0.249 e. The Morgan fingerprint density at radius 1 is 1.28 bits per heavy atom. The van der Waals surface area contributed by atoms with Gasteiger partial charge in [-0.2, -0.15) is 0 Å². The van der Waals surface area contributed by atoms with E-state index in [-0.39, 0.29) is 12.0 Å². The molecule has 18 heavy (non-hydrogen) atoms. The van der Waals surface area contributed by atoms with Crippen molar-refractivity contribution in [1.29, 1.82) is 0 Å². The SMILES string of the molecule is O=C(NCCOC1CCNCC1)C1CCCCO1. The van der Waals surface area contributed by atoms with Gasteiger partial charge in [0, 0.05) is 13.2 Å². The third kappa shape index (κ3) is 4.55. The number of carbonyl (C=O) groups is 1. The first-order valence-corrected chi connectivity index (χ1v) is 7.08. The summed E-state index contributed by atoms with van der Waals surface area (Å²) in [6, 6.07) is 0. The summed E-state index contributed by atoms with van der Waals surface area (Å²) in [5.74, 6) is 0.0172. The summed E-state index contributed by atoms with van der Waals surface area (Å²) in [5, 5.41) is 6.19. The van der Waals surface area contributed by atoms with E-state index in [1.165, 1.54) is 0 Å². The molecule has 2 N–H and O–H groups in total. The van der Waals surface area contributed by atoms with Crippen LogP contribution in [-0.2, 0) is 14.3 Å². The Balaban J connectivity index is 1.52. The third-order valence-corrected chi connectivity index (χ3v) is 3.51. The van der Waals surface area contributed by atoms with Gasteiger partial charge in [0.2, 0.25) is 5.91 Å². The number of carbonyl (C=O) groups excluding carboxylic acids is 1. The van der Waals surface area contributed by atoms with Crippen LogP contribution in [0.1, 0.15) is 32.1 Å². The van der Waals surface area contributed by atoms with E-state index in [4.69, 9.17) is 9.47 Å². The molecule has 0 saturated carbocycles. The smallest absolute Gasteiger partial charge is 0.249 e. The summed E-state index contributed by atoms with van der Waals surface area (Å²) in [6.07, 6.45) is 5.26. The molecule has 0 spiro atoms. The molecule has 1 amide bonds. The molecule has 0 radical (unpaired) electrons. The fourth-order valence-corrected chi connectivity index (χ4v) is 2.42. The van der Waals surface area contributed by atoms with Gasteiger partial charge in [0.1, 0.15) is 6.10 Å². The standard InChI is InChI=1S/C13H24N2O3/c16-13(12-3-1-2-9-18-12)15-8-10-17-11-4-6-14-7-5-11/h11-12,14H,1-10H2,(H,15,16). The summed E-state index contributed by atoms with van der Waals surface area (Å²) >= 11 is 0. The van der Waals surface area contributed by atoms with Crippen molar-refractivity contribution in [3.63, 3.8) is 0 Å². The van der Waals surface area contributed by atoms with Crippen molar-refractivity contribution in [2.24, 2.45) is 0 Å². The minimum absolute atomic E-state index is 0.0172. The van der Waals surface area contributed by atoms with Crippen LogP contribution in [0.2, 0.25) is 0 Å². The summed E-state index contributed by atoms with van der Waals surface area (Å²) in [7, 11) is 0. The molecule has 5 heteroatoms. The van der Waals surface area contributed by atoms with Gasteiger partial charge in [-0.3, -0.25) is 4.79 Å². The number of amides is 1. The second-order valence-corrected chi connectivity index (χ2v) is 4.97. The first-order valence-electron chi connectivity index (χ1n) is 7.08. The minimum atomic E-state index is -0.238. The molecular weight excluding hydrogens is 232 g/mol. The van der Waals surface area contributed by atoms with E-state index in [0.717, 1.165) is 45.2 Å². The first kappa shape index (κ1) is 13.8. The summed E-state index contributed by atoms with van der Waals surface area (Å²) < 4.78 is 11.2. The Morgan fingerprint density at radius 3 is 2.83 bits per heavy atom. The largest absolute Gasteiger partial charge is 0.376 e. The van der Waals surface area contributed by atoms with Gasteiger partial charge < -0.3 is 20.1 Å². The number of rotatable bonds is 5. The highest BCUT2D eigenvalue weighted by atomic mass is 16.5. The molecule has 104 valence electrons. The highest BCUT2D eigenvalue weighted by Gasteiger charge is 2.21. The van der Waals surface area contributed by atoms with Gasteiger partial charge in [-0.25, -0.2) is 0 Å². The molecule has 2 fully saturated rings. The minimum Gasteiger partial charge on any atom is -0.376 e. The highest BCUT2D eigenvalue weighted by molar-refractivity contribution is 5.80. The maximum atomic E-state index is 11.7. The fraction of sp³-hybridized carbons (Fsp3) is 0.923. The highest BCUT2D eigenvalue weighted by Crippen LogP contribution is 2.12. The van der Waals surface area contributed by atoms with E-state index >= 15 is 0 Å². The third-order valence-electron chi connectivity index (χ3n) is 3.51. The maximum absolute atomic E-state index is 11.7. The predicted octanol–water partition coefficient (Wildman–Crippen LogP) is 0.440. The molecule has 0 bridgehead atoms. The molecule has 0 aromatic rings. The van der Waals surface area contributed by atoms with Gasteiger partial charge in [0.05, 0.1) is 12.7 Å². The second-order valence-electron chi connectivity index (χ2n) is 4.97. The number of ether oxygens (including phenoxy) is 2. The Bertz CT molecular complexity index is 249. The Kier molecular flexibility index (Phi) is 5.90. The molecule has 1 atom stereocenters. The van der Waals surface area contributed by atoms with E-state index in [9.17, 15) is 4.79 Å². The molecule has 2 saturated heterocycles. The van der Waals surface area contributed by atoms with Crippen molar-refractivity contribution in [3.05, 3.63) is 0 Å². The number of hydrogen-bond donors (Lipinski definition) is 2. The van der Waals surface area contributed by atoms with E-state index in [1.54, 1.807) is 0 Å². The topological polar surface area (TPSA) is 59.6 Å². The molecule has 5 nitrogen and oxygen atoms in total. The van der Waals surface area contributed by atoms with Crippen LogP contribution >= 0.6 is 0 Å². The predicted molar refractivity (Wildman–Crippen MR) is 68.4 cm³/mol. The van der Waals surface area contributed by atoms with E-state index < -0.39 is 0 Å². The average Bonchev–Trinajstić information content (AvgIpc) is 2.45. The lowest BCUT2D eigenvalue weighted by atomic mass is 10.1. The monoisotopic (exact) mass is 256 g/mol. The summed E-state index contributed by atoms with van der Waals surface area (Å²) in [4.78, 5) is 11.7. The van der Waals surface area contributed by atoms with Crippen LogP contribution in [0.25, 0.3) is 0 Å². The molecule has 0 aromatic carbocycles. The second kappa shape index (κ2) is 7.71. The zero-order valence-corrected chi connectivity index (χ0v) is 11.0. The molecule has 0 aliphatic carbocycles. The van der Waals surface area contributed by atoms with E-state index in [0.29, 0.717) is 25.9 Å². The Morgan fingerprint density at radius 2 is 2.11 bits per heavy atom. The van der Waals surface area contributed by atoms with Gasteiger partial charge in [0.25, 0.3) is 0 Å².